The number of hydrogen-bond donors (Lipinski definition) is 2. The molecular formula is C21H37N3O3. The Balaban J connectivity index is 2.08. The molecule has 0 radical (unpaired) electrons. The normalized spacial score (nSPS) is 23.0. The molecule has 3 amide bonds. The third-order valence-corrected chi connectivity index (χ3v) is 5.79. The average Bonchev–Trinajstić information content (AvgIpc) is 3.43. The molecule has 2 aliphatic rings. The Bertz CT molecular complexity index is 531. The molecule has 1 aliphatic carbocycles. The number of primary amides is 1. The Hall–Kier alpha value is -1.59. The number of nitrogens with one attached hydrogen (secondary N) is 1. The van der Waals surface area contributed by atoms with Crippen LogP contribution in [-0.4, -0.2) is 41.8 Å². The van der Waals surface area contributed by atoms with E-state index in [1.807, 2.05) is 25.7 Å². The fourth-order valence-corrected chi connectivity index (χ4v) is 4.13. The molecule has 6 nitrogen and oxygen atoms in total. The van der Waals surface area contributed by atoms with Crippen LogP contribution in [0.3, 0.4) is 0 Å². The molecule has 2 fully saturated rings. The third-order valence-electron chi connectivity index (χ3n) is 5.79. The molecule has 1 saturated heterocycles. The van der Waals surface area contributed by atoms with Crippen molar-refractivity contribution in [2.75, 3.05) is 13.1 Å². The summed E-state index contributed by atoms with van der Waals surface area (Å²) >= 11 is 0. The number of hydrogen-bond acceptors (Lipinski definition) is 3. The van der Waals surface area contributed by atoms with Gasteiger partial charge < -0.3 is 16.0 Å². The minimum atomic E-state index is -0.471. The van der Waals surface area contributed by atoms with E-state index in [-0.39, 0.29) is 17.7 Å². The van der Waals surface area contributed by atoms with E-state index in [0.717, 1.165) is 32.4 Å². The van der Waals surface area contributed by atoms with E-state index >= 15 is 0 Å². The van der Waals surface area contributed by atoms with E-state index in [9.17, 15) is 14.4 Å². The van der Waals surface area contributed by atoms with E-state index in [2.05, 4.69) is 5.32 Å². The Kier molecular flexibility index (Phi) is 8.11. The lowest BCUT2D eigenvalue weighted by atomic mass is 9.81. The zero-order valence-electron chi connectivity index (χ0n) is 17.2. The molecule has 3 atom stereocenters. The highest BCUT2D eigenvalue weighted by Gasteiger charge is 2.36. The molecule has 2 unspecified atom stereocenters. The number of carbonyl (C=O) groups excluding carboxylic acids is 3. The number of nitrogens with zero attached hydrogens (tertiary/aromatic N) is 1. The van der Waals surface area contributed by atoms with E-state index in [4.69, 9.17) is 5.73 Å². The van der Waals surface area contributed by atoms with Crippen molar-refractivity contribution < 1.29 is 14.4 Å². The van der Waals surface area contributed by atoms with Crippen molar-refractivity contribution in [1.29, 1.82) is 0 Å². The van der Waals surface area contributed by atoms with Gasteiger partial charge in [0.05, 0.1) is 0 Å². The molecule has 0 aromatic rings. The van der Waals surface area contributed by atoms with Gasteiger partial charge in [-0.25, -0.2) is 0 Å². The van der Waals surface area contributed by atoms with Gasteiger partial charge >= 0.3 is 0 Å². The lowest BCUT2D eigenvalue weighted by Gasteiger charge is -2.29. The van der Waals surface area contributed by atoms with Gasteiger partial charge in [-0.1, -0.05) is 27.2 Å². The van der Waals surface area contributed by atoms with Crippen LogP contribution in [0.1, 0.15) is 72.1 Å². The number of likely N-dealkylation sites (tertiary alicyclic amines) is 1. The summed E-state index contributed by atoms with van der Waals surface area (Å²) in [6.07, 6.45) is 7.00. The highest BCUT2D eigenvalue weighted by molar-refractivity contribution is 5.91. The van der Waals surface area contributed by atoms with Gasteiger partial charge in [-0.2, -0.15) is 0 Å². The van der Waals surface area contributed by atoms with Crippen LogP contribution >= 0.6 is 0 Å². The standard InChI is InChI=1S/C21H37N3O3/c1-4-7-16(19(22)25)17(12-14(2)3)20(26)23-18-8-5-6-11-24(21(18)27)13-15-9-10-15/h14-18H,4-13H2,1-3H3,(H2,22,25)(H,23,26)/t16?,17?,18-/m0/s1. The van der Waals surface area contributed by atoms with Gasteiger partial charge in [0.25, 0.3) is 0 Å². The topological polar surface area (TPSA) is 92.5 Å². The molecule has 154 valence electrons. The first-order valence-corrected chi connectivity index (χ1v) is 10.7. The smallest absolute Gasteiger partial charge is 0.245 e. The van der Waals surface area contributed by atoms with Crippen LogP contribution in [0.15, 0.2) is 0 Å². The highest BCUT2D eigenvalue weighted by Crippen LogP contribution is 2.31. The molecular weight excluding hydrogens is 342 g/mol. The van der Waals surface area contributed by atoms with Crippen molar-refractivity contribution in [1.82, 2.24) is 10.2 Å². The third kappa shape index (κ3) is 6.51. The van der Waals surface area contributed by atoms with Gasteiger partial charge in [-0.3, -0.25) is 14.4 Å². The van der Waals surface area contributed by atoms with Crippen molar-refractivity contribution in [3.05, 3.63) is 0 Å². The van der Waals surface area contributed by atoms with Crippen LogP contribution in [0.2, 0.25) is 0 Å². The van der Waals surface area contributed by atoms with E-state index in [1.54, 1.807) is 0 Å². The molecule has 1 heterocycles. The van der Waals surface area contributed by atoms with Gasteiger partial charge in [0.1, 0.15) is 6.04 Å². The Labute approximate surface area is 163 Å². The second-order valence-corrected chi connectivity index (χ2v) is 8.82. The van der Waals surface area contributed by atoms with Crippen LogP contribution in [0.5, 0.6) is 0 Å². The van der Waals surface area contributed by atoms with Crippen LogP contribution in [0.25, 0.3) is 0 Å². The lowest BCUT2D eigenvalue weighted by molar-refractivity contribution is -0.139. The second kappa shape index (κ2) is 10.1. The predicted molar refractivity (Wildman–Crippen MR) is 106 cm³/mol. The summed E-state index contributed by atoms with van der Waals surface area (Å²) in [4.78, 5) is 39.9. The van der Waals surface area contributed by atoms with E-state index in [0.29, 0.717) is 25.2 Å². The maximum absolute atomic E-state index is 13.1. The maximum Gasteiger partial charge on any atom is 0.245 e. The van der Waals surface area contributed by atoms with Crippen molar-refractivity contribution in [3.63, 3.8) is 0 Å². The summed E-state index contributed by atoms with van der Waals surface area (Å²) in [5, 5.41) is 2.99. The first-order chi connectivity index (χ1) is 12.8. The van der Waals surface area contributed by atoms with Crippen molar-refractivity contribution in [3.8, 4) is 0 Å². The minimum absolute atomic E-state index is 0.0437. The van der Waals surface area contributed by atoms with Crippen LogP contribution in [0.4, 0.5) is 0 Å². The summed E-state index contributed by atoms with van der Waals surface area (Å²) in [5.74, 6) is -0.581. The van der Waals surface area contributed by atoms with Crippen molar-refractivity contribution >= 4 is 17.7 Å². The Morgan fingerprint density at radius 2 is 1.89 bits per heavy atom. The van der Waals surface area contributed by atoms with Gasteiger partial charge in [0.15, 0.2) is 0 Å². The number of nitrogens with two attached hydrogens (primary N) is 1. The maximum atomic E-state index is 13.1. The number of rotatable bonds is 10. The van der Waals surface area contributed by atoms with Gasteiger partial charge in [-0.05, 0) is 56.8 Å². The lowest BCUT2D eigenvalue weighted by Crippen LogP contribution is -2.51. The second-order valence-electron chi connectivity index (χ2n) is 8.82. The molecule has 0 aromatic heterocycles. The fraction of sp³-hybridized carbons (Fsp3) is 0.857. The molecule has 0 bridgehead atoms. The molecule has 2 rings (SSSR count). The van der Waals surface area contributed by atoms with E-state index < -0.39 is 23.8 Å². The van der Waals surface area contributed by atoms with E-state index in [1.165, 1.54) is 12.8 Å². The summed E-state index contributed by atoms with van der Waals surface area (Å²) in [6, 6.07) is -0.469. The zero-order valence-corrected chi connectivity index (χ0v) is 17.2. The summed E-state index contributed by atoms with van der Waals surface area (Å²) in [7, 11) is 0. The first-order valence-electron chi connectivity index (χ1n) is 10.7. The largest absolute Gasteiger partial charge is 0.369 e. The van der Waals surface area contributed by atoms with Crippen LogP contribution < -0.4 is 11.1 Å². The SMILES string of the molecule is CCCC(C(N)=O)C(CC(C)C)C(=O)N[C@H]1CCCCN(CC2CC2)C1=O. The summed E-state index contributed by atoms with van der Waals surface area (Å²) < 4.78 is 0. The predicted octanol–water partition coefficient (Wildman–Crippen LogP) is 2.46. The summed E-state index contributed by atoms with van der Waals surface area (Å²) in [5.41, 5.74) is 5.61. The van der Waals surface area contributed by atoms with Crippen molar-refractivity contribution in [2.45, 2.75) is 78.2 Å². The summed E-state index contributed by atoms with van der Waals surface area (Å²) in [6.45, 7) is 7.68. The molecule has 1 aliphatic heterocycles. The Morgan fingerprint density at radius 3 is 2.44 bits per heavy atom. The molecule has 0 spiro atoms. The van der Waals surface area contributed by atoms with Gasteiger partial charge in [0.2, 0.25) is 17.7 Å². The zero-order chi connectivity index (χ0) is 20.0. The molecule has 1 saturated carbocycles. The molecule has 6 heteroatoms. The Morgan fingerprint density at radius 1 is 1.19 bits per heavy atom. The minimum Gasteiger partial charge on any atom is -0.369 e. The highest BCUT2D eigenvalue weighted by atomic mass is 16.2. The molecule has 27 heavy (non-hydrogen) atoms. The molecule has 3 N–H and O–H groups in total. The monoisotopic (exact) mass is 379 g/mol. The number of carbonyl (C=O) groups is 3. The number of amides is 3. The van der Waals surface area contributed by atoms with Crippen LogP contribution in [-0.2, 0) is 14.4 Å². The molecule has 0 aromatic carbocycles. The van der Waals surface area contributed by atoms with Gasteiger partial charge in [-0.15, -0.1) is 0 Å². The van der Waals surface area contributed by atoms with Gasteiger partial charge in [0, 0.05) is 24.9 Å². The van der Waals surface area contributed by atoms with Crippen molar-refractivity contribution in [2.24, 2.45) is 29.4 Å². The first kappa shape index (κ1) is 21.7. The van der Waals surface area contributed by atoms with Crippen LogP contribution in [0, 0.1) is 23.7 Å². The average molecular weight is 380 g/mol. The fourth-order valence-electron chi connectivity index (χ4n) is 4.13. The quantitative estimate of drug-likeness (QED) is 0.611.